The Hall–Kier alpha value is -0.0900. The first kappa shape index (κ1) is 14.0. The molecule has 0 fully saturated rings. The van der Waals surface area contributed by atoms with Crippen molar-refractivity contribution in [3.63, 3.8) is 0 Å². The van der Waals surface area contributed by atoms with Crippen molar-refractivity contribution in [2.24, 2.45) is 0 Å². The summed E-state index contributed by atoms with van der Waals surface area (Å²) in [5.41, 5.74) is 0.478. The highest BCUT2D eigenvalue weighted by Crippen LogP contribution is 2.26. The van der Waals surface area contributed by atoms with E-state index in [1.807, 2.05) is 12.5 Å². The molecule has 0 aliphatic heterocycles. The predicted octanol–water partition coefficient (Wildman–Crippen LogP) is 4.74. The number of ketones is 1. The summed E-state index contributed by atoms with van der Waals surface area (Å²) in [5.74, 6) is -0.0969. The van der Waals surface area contributed by atoms with Crippen LogP contribution in [0.25, 0.3) is 0 Å². The second kappa shape index (κ2) is 6.60. The summed E-state index contributed by atoms with van der Waals surface area (Å²) >= 11 is 14.8. The first-order valence-corrected chi connectivity index (χ1v) is 7.58. The summed E-state index contributed by atoms with van der Waals surface area (Å²) in [6.45, 7) is 0. The van der Waals surface area contributed by atoms with Crippen LogP contribution in [-0.2, 0) is 0 Å². The molecule has 1 rings (SSSR count). The quantitative estimate of drug-likeness (QED) is 0.589. The molecule has 0 saturated carbocycles. The first-order chi connectivity index (χ1) is 7.58. The number of rotatable bonds is 4. The Bertz CT molecular complexity index is 424. The molecule has 86 valence electrons. The lowest BCUT2D eigenvalue weighted by Crippen LogP contribution is -1.96. The third-order valence-corrected chi connectivity index (χ3v) is 4.44. The van der Waals surface area contributed by atoms with Gasteiger partial charge in [-0.25, -0.2) is 0 Å². The van der Waals surface area contributed by atoms with Gasteiger partial charge in [0.05, 0.1) is 5.02 Å². The van der Waals surface area contributed by atoms with E-state index in [4.69, 9.17) is 23.2 Å². The Morgan fingerprint density at radius 2 is 1.88 bits per heavy atom. The Balaban J connectivity index is 3.01. The van der Waals surface area contributed by atoms with Gasteiger partial charge in [0.1, 0.15) is 0 Å². The third-order valence-electron chi connectivity index (χ3n) is 1.85. The van der Waals surface area contributed by atoms with Crippen molar-refractivity contribution in [1.82, 2.24) is 0 Å². The van der Waals surface area contributed by atoms with Gasteiger partial charge in [-0.3, -0.25) is 4.79 Å². The molecule has 1 aromatic carbocycles. The van der Waals surface area contributed by atoms with E-state index in [1.54, 1.807) is 24.3 Å². The van der Waals surface area contributed by atoms with E-state index in [9.17, 15) is 4.79 Å². The normalized spacial score (nSPS) is 10.0. The summed E-state index contributed by atoms with van der Waals surface area (Å²) in [6.07, 6.45) is 5.45. The highest BCUT2D eigenvalue weighted by atomic mass is 35.5. The lowest BCUT2D eigenvalue weighted by atomic mass is 10.1. The summed E-state index contributed by atoms with van der Waals surface area (Å²) in [4.78, 5) is 11.9. The van der Waals surface area contributed by atoms with Crippen molar-refractivity contribution < 1.29 is 4.79 Å². The van der Waals surface area contributed by atoms with Gasteiger partial charge in [-0.1, -0.05) is 23.2 Å². The third kappa shape index (κ3) is 3.74. The molecule has 0 heterocycles. The van der Waals surface area contributed by atoms with Crippen LogP contribution in [0.15, 0.2) is 28.5 Å². The van der Waals surface area contributed by atoms with Crippen LogP contribution in [0.4, 0.5) is 0 Å². The molecule has 0 aliphatic rings. The largest absolute Gasteiger partial charge is 0.289 e. The SMILES string of the molecule is CSC(=CC(=O)c1ccc(Cl)cc1Cl)SC. The molecule has 0 amide bonds. The van der Waals surface area contributed by atoms with Gasteiger partial charge in [0.25, 0.3) is 0 Å². The van der Waals surface area contributed by atoms with Crippen LogP contribution in [0.1, 0.15) is 10.4 Å². The molecule has 0 unspecified atom stereocenters. The van der Waals surface area contributed by atoms with Crippen molar-refractivity contribution in [3.8, 4) is 0 Å². The van der Waals surface area contributed by atoms with Crippen molar-refractivity contribution in [1.29, 1.82) is 0 Å². The lowest BCUT2D eigenvalue weighted by Gasteiger charge is -2.02. The van der Waals surface area contributed by atoms with Crippen molar-refractivity contribution in [3.05, 3.63) is 44.1 Å². The van der Waals surface area contributed by atoms with Gasteiger partial charge >= 0.3 is 0 Å². The Kier molecular flexibility index (Phi) is 5.76. The van der Waals surface area contributed by atoms with Crippen molar-refractivity contribution in [2.45, 2.75) is 0 Å². The van der Waals surface area contributed by atoms with Crippen molar-refractivity contribution in [2.75, 3.05) is 12.5 Å². The van der Waals surface area contributed by atoms with Crippen LogP contribution < -0.4 is 0 Å². The fourth-order valence-electron chi connectivity index (χ4n) is 1.08. The first-order valence-electron chi connectivity index (χ1n) is 4.37. The molecule has 0 atom stereocenters. The van der Waals surface area contributed by atoms with E-state index in [0.717, 1.165) is 4.24 Å². The zero-order chi connectivity index (χ0) is 12.1. The average Bonchev–Trinajstić information content (AvgIpc) is 2.25. The fraction of sp³-hybridized carbons (Fsp3) is 0.182. The molecule has 0 radical (unpaired) electrons. The van der Waals surface area contributed by atoms with Crippen LogP contribution in [0.3, 0.4) is 0 Å². The maximum absolute atomic E-state index is 11.9. The monoisotopic (exact) mass is 292 g/mol. The van der Waals surface area contributed by atoms with Crippen LogP contribution in [-0.4, -0.2) is 18.3 Å². The summed E-state index contributed by atoms with van der Waals surface area (Å²) < 4.78 is 0.955. The summed E-state index contributed by atoms with van der Waals surface area (Å²) in [6, 6.07) is 4.87. The minimum Gasteiger partial charge on any atom is -0.289 e. The molecule has 0 aromatic heterocycles. The molecule has 16 heavy (non-hydrogen) atoms. The maximum atomic E-state index is 11.9. The number of thioether (sulfide) groups is 2. The van der Waals surface area contributed by atoms with Gasteiger partial charge < -0.3 is 0 Å². The average molecular weight is 293 g/mol. The molecular weight excluding hydrogens is 283 g/mol. The van der Waals surface area contributed by atoms with Gasteiger partial charge in [0.15, 0.2) is 5.78 Å². The number of hydrogen-bond donors (Lipinski definition) is 0. The van der Waals surface area contributed by atoms with Crippen LogP contribution in [0.2, 0.25) is 10.0 Å². The zero-order valence-corrected chi connectivity index (χ0v) is 11.9. The van der Waals surface area contributed by atoms with Gasteiger partial charge in [-0.15, -0.1) is 23.5 Å². The zero-order valence-electron chi connectivity index (χ0n) is 8.79. The molecular formula is C11H10Cl2OS2. The van der Waals surface area contributed by atoms with E-state index >= 15 is 0 Å². The smallest absolute Gasteiger partial charge is 0.188 e. The number of hydrogen-bond acceptors (Lipinski definition) is 3. The topological polar surface area (TPSA) is 17.1 Å². The van der Waals surface area contributed by atoms with Gasteiger partial charge in [0.2, 0.25) is 0 Å². The Labute approximate surface area is 114 Å². The number of allylic oxidation sites excluding steroid dienone is 1. The van der Waals surface area contributed by atoms with Gasteiger partial charge in [-0.05, 0) is 30.7 Å². The van der Waals surface area contributed by atoms with Crippen LogP contribution in [0, 0.1) is 0 Å². The van der Waals surface area contributed by atoms with Crippen LogP contribution in [0.5, 0.6) is 0 Å². The second-order valence-electron chi connectivity index (χ2n) is 2.86. The Morgan fingerprint density at radius 3 is 2.38 bits per heavy atom. The number of carbonyl (C=O) groups is 1. The van der Waals surface area contributed by atoms with E-state index in [2.05, 4.69) is 0 Å². The second-order valence-corrected chi connectivity index (χ2v) is 5.66. The summed E-state index contributed by atoms with van der Waals surface area (Å²) in [7, 11) is 0. The van der Waals surface area contributed by atoms with E-state index in [1.165, 1.54) is 23.5 Å². The molecule has 0 N–H and O–H groups in total. The van der Waals surface area contributed by atoms with E-state index < -0.39 is 0 Å². The molecule has 1 nitrogen and oxygen atoms in total. The number of halogens is 2. The number of carbonyl (C=O) groups excluding carboxylic acids is 1. The highest BCUT2D eigenvalue weighted by molar-refractivity contribution is 8.21. The highest BCUT2D eigenvalue weighted by Gasteiger charge is 2.09. The molecule has 0 saturated heterocycles. The number of benzene rings is 1. The molecule has 1 aromatic rings. The predicted molar refractivity (Wildman–Crippen MR) is 75.9 cm³/mol. The van der Waals surface area contributed by atoms with E-state index in [0.29, 0.717) is 15.6 Å². The van der Waals surface area contributed by atoms with Gasteiger partial charge in [0, 0.05) is 20.9 Å². The fourth-order valence-corrected chi connectivity index (χ4v) is 2.69. The molecule has 0 bridgehead atoms. The Morgan fingerprint density at radius 1 is 1.25 bits per heavy atom. The van der Waals surface area contributed by atoms with Crippen LogP contribution >= 0.6 is 46.7 Å². The van der Waals surface area contributed by atoms with Gasteiger partial charge in [-0.2, -0.15) is 0 Å². The maximum Gasteiger partial charge on any atom is 0.188 e. The summed E-state index contributed by atoms with van der Waals surface area (Å²) in [5, 5.41) is 0.913. The minimum absolute atomic E-state index is 0.0969. The lowest BCUT2D eigenvalue weighted by molar-refractivity contribution is 0.104. The molecule has 5 heteroatoms. The van der Waals surface area contributed by atoms with Crippen molar-refractivity contribution >= 4 is 52.5 Å². The molecule has 0 aliphatic carbocycles. The minimum atomic E-state index is -0.0969. The molecule has 0 spiro atoms. The standard InChI is InChI=1S/C11H10Cl2OS2/c1-15-11(16-2)6-10(14)8-4-3-7(12)5-9(8)13/h3-6H,1-2H3. The van der Waals surface area contributed by atoms with E-state index in [-0.39, 0.29) is 5.78 Å².